The van der Waals surface area contributed by atoms with Gasteiger partial charge in [0, 0.05) is 0 Å². The minimum Gasteiger partial charge on any atom is -0.479 e. The van der Waals surface area contributed by atoms with Gasteiger partial charge in [-0.25, -0.2) is 4.79 Å². The molecule has 2 rings (SSSR count). The number of hydrogen-bond donors (Lipinski definition) is 1. The molecule has 1 saturated heterocycles. The van der Waals surface area contributed by atoms with Crippen molar-refractivity contribution in [2.24, 2.45) is 0 Å². The minimum absolute atomic E-state index is 0.0979. The first-order valence-electron chi connectivity index (χ1n) is 4.28. The van der Waals surface area contributed by atoms with Crippen LogP contribution in [-0.4, -0.2) is 30.1 Å². The number of rotatable bonds is 3. The highest BCUT2D eigenvalue weighted by Gasteiger charge is 2.31. The number of hydrogen-bond acceptors (Lipinski definition) is 4. The standard InChI is InChI=1S/C9H10O5/c10-9(11)7-5-13-8(14-7)4-6-2-1-3-12-6/h1-3,7-8H,4-5H2,(H,10,11). The molecule has 2 heterocycles. The van der Waals surface area contributed by atoms with Crippen molar-refractivity contribution in [1.29, 1.82) is 0 Å². The lowest BCUT2D eigenvalue weighted by Gasteiger charge is -2.06. The first-order valence-corrected chi connectivity index (χ1v) is 4.28. The Labute approximate surface area is 80.2 Å². The van der Waals surface area contributed by atoms with Gasteiger partial charge in [-0.1, -0.05) is 0 Å². The second kappa shape index (κ2) is 3.81. The van der Waals surface area contributed by atoms with Gasteiger partial charge in [0.05, 0.1) is 19.3 Å². The smallest absolute Gasteiger partial charge is 0.335 e. The molecule has 14 heavy (non-hydrogen) atoms. The van der Waals surface area contributed by atoms with Crippen LogP contribution in [-0.2, 0) is 20.7 Å². The van der Waals surface area contributed by atoms with E-state index in [2.05, 4.69) is 0 Å². The molecule has 0 radical (unpaired) electrons. The van der Waals surface area contributed by atoms with Crippen LogP contribution >= 0.6 is 0 Å². The number of furan rings is 1. The topological polar surface area (TPSA) is 68.9 Å². The Kier molecular flexibility index (Phi) is 2.51. The van der Waals surface area contributed by atoms with Gasteiger partial charge in [0.2, 0.25) is 0 Å². The minimum atomic E-state index is -0.994. The average molecular weight is 198 g/mol. The summed E-state index contributed by atoms with van der Waals surface area (Å²) in [5.74, 6) is -0.270. The summed E-state index contributed by atoms with van der Waals surface area (Å²) in [6.45, 7) is 0.0979. The van der Waals surface area contributed by atoms with E-state index in [4.69, 9.17) is 19.0 Å². The van der Waals surface area contributed by atoms with Crippen LogP contribution in [0, 0.1) is 0 Å². The molecule has 1 aliphatic heterocycles. The Morgan fingerprint density at radius 3 is 3.07 bits per heavy atom. The highest BCUT2D eigenvalue weighted by Crippen LogP contribution is 2.16. The fourth-order valence-electron chi connectivity index (χ4n) is 1.29. The Balaban J connectivity index is 1.87. The van der Waals surface area contributed by atoms with Crippen LogP contribution in [0.15, 0.2) is 22.8 Å². The van der Waals surface area contributed by atoms with E-state index in [0.29, 0.717) is 6.42 Å². The van der Waals surface area contributed by atoms with Gasteiger partial charge in [0.15, 0.2) is 12.4 Å². The maximum atomic E-state index is 10.5. The summed E-state index contributed by atoms with van der Waals surface area (Å²) >= 11 is 0. The van der Waals surface area contributed by atoms with Crippen molar-refractivity contribution in [2.45, 2.75) is 18.8 Å². The summed E-state index contributed by atoms with van der Waals surface area (Å²) in [7, 11) is 0. The van der Waals surface area contributed by atoms with Gasteiger partial charge in [-0.3, -0.25) is 0 Å². The number of carboxylic acids is 1. The molecule has 1 fully saturated rings. The maximum Gasteiger partial charge on any atom is 0.335 e. The van der Waals surface area contributed by atoms with Gasteiger partial charge in [0.25, 0.3) is 0 Å². The molecule has 76 valence electrons. The third-order valence-corrected chi connectivity index (χ3v) is 1.97. The summed E-state index contributed by atoms with van der Waals surface area (Å²) in [6, 6.07) is 3.56. The summed E-state index contributed by atoms with van der Waals surface area (Å²) in [5, 5.41) is 8.63. The van der Waals surface area contributed by atoms with E-state index in [1.807, 2.05) is 0 Å². The number of carboxylic acid groups (broad SMARTS) is 1. The van der Waals surface area contributed by atoms with E-state index in [0.717, 1.165) is 5.76 Å². The van der Waals surface area contributed by atoms with Crippen molar-refractivity contribution in [1.82, 2.24) is 0 Å². The summed E-state index contributed by atoms with van der Waals surface area (Å²) in [4.78, 5) is 10.5. The molecular weight excluding hydrogens is 188 g/mol. The first kappa shape index (κ1) is 9.23. The van der Waals surface area contributed by atoms with Crippen LogP contribution in [0.4, 0.5) is 0 Å². The fourth-order valence-corrected chi connectivity index (χ4v) is 1.29. The second-order valence-corrected chi connectivity index (χ2v) is 3.01. The van der Waals surface area contributed by atoms with E-state index in [1.165, 1.54) is 0 Å². The third kappa shape index (κ3) is 1.94. The fraction of sp³-hybridized carbons (Fsp3) is 0.444. The lowest BCUT2D eigenvalue weighted by atomic mass is 10.3. The zero-order chi connectivity index (χ0) is 9.97. The van der Waals surface area contributed by atoms with Crippen LogP contribution in [0.3, 0.4) is 0 Å². The van der Waals surface area contributed by atoms with Crippen LogP contribution in [0.5, 0.6) is 0 Å². The van der Waals surface area contributed by atoms with Crippen molar-refractivity contribution < 1.29 is 23.8 Å². The van der Waals surface area contributed by atoms with Crippen molar-refractivity contribution in [2.75, 3.05) is 6.61 Å². The van der Waals surface area contributed by atoms with E-state index >= 15 is 0 Å². The second-order valence-electron chi connectivity index (χ2n) is 3.01. The zero-order valence-corrected chi connectivity index (χ0v) is 7.38. The highest BCUT2D eigenvalue weighted by atomic mass is 16.7. The predicted octanol–water partition coefficient (Wildman–Crippen LogP) is 0.648. The maximum absolute atomic E-state index is 10.5. The number of carbonyl (C=O) groups is 1. The molecule has 2 atom stereocenters. The monoisotopic (exact) mass is 198 g/mol. The van der Waals surface area contributed by atoms with E-state index in [-0.39, 0.29) is 6.61 Å². The Hall–Kier alpha value is -1.33. The molecular formula is C9H10O5. The third-order valence-electron chi connectivity index (χ3n) is 1.97. The molecule has 0 bridgehead atoms. The number of aliphatic carboxylic acids is 1. The zero-order valence-electron chi connectivity index (χ0n) is 7.38. The van der Waals surface area contributed by atoms with Crippen molar-refractivity contribution in [3.05, 3.63) is 24.2 Å². The Bertz CT molecular complexity index is 305. The molecule has 0 aliphatic carbocycles. The molecule has 5 nitrogen and oxygen atoms in total. The molecule has 0 aromatic carbocycles. The van der Waals surface area contributed by atoms with Gasteiger partial charge >= 0.3 is 5.97 Å². The van der Waals surface area contributed by atoms with Crippen LogP contribution in [0.25, 0.3) is 0 Å². The predicted molar refractivity (Wildman–Crippen MR) is 44.7 cm³/mol. The van der Waals surface area contributed by atoms with Crippen LogP contribution in [0.1, 0.15) is 5.76 Å². The van der Waals surface area contributed by atoms with Crippen LogP contribution < -0.4 is 0 Å². The van der Waals surface area contributed by atoms with E-state index in [9.17, 15) is 4.79 Å². The molecule has 2 unspecified atom stereocenters. The lowest BCUT2D eigenvalue weighted by molar-refractivity contribution is -0.150. The SMILES string of the molecule is O=C(O)C1COC(Cc2ccco2)O1. The summed E-state index contributed by atoms with van der Waals surface area (Å²) in [5.41, 5.74) is 0. The van der Waals surface area contributed by atoms with Gasteiger partial charge in [-0.15, -0.1) is 0 Å². The Morgan fingerprint density at radius 2 is 2.50 bits per heavy atom. The number of ether oxygens (including phenoxy) is 2. The highest BCUT2D eigenvalue weighted by molar-refractivity contribution is 5.72. The summed E-state index contributed by atoms with van der Waals surface area (Å²) in [6.07, 6.45) is 0.632. The molecule has 0 spiro atoms. The van der Waals surface area contributed by atoms with Gasteiger partial charge < -0.3 is 19.0 Å². The Morgan fingerprint density at radius 1 is 1.64 bits per heavy atom. The van der Waals surface area contributed by atoms with Gasteiger partial charge in [-0.05, 0) is 12.1 Å². The largest absolute Gasteiger partial charge is 0.479 e. The average Bonchev–Trinajstić information content (AvgIpc) is 2.75. The summed E-state index contributed by atoms with van der Waals surface area (Å²) < 4.78 is 15.3. The normalized spacial score (nSPS) is 26.6. The van der Waals surface area contributed by atoms with Crippen molar-refractivity contribution in [3.8, 4) is 0 Å². The molecule has 0 saturated carbocycles. The molecule has 1 aromatic heterocycles. The molecule has 1 aromatic rings. The quantitative estimate of drug-likeness (QED) is 0.772. The van der Waals surface area contributed by atoms with Crippen molar-refractivity contribution in [3.63, 3.8) is 0 Å². The van der Waals surface area contributed by atoms with Gasteiger partial charge in [0.1, 0.15) is 5.76 Å². The molecule has 1 aliphatic rings. The van der Waals surface area contributed by atoms with Crippen molar-refractivity contribution >= 4 is 5.97 Å². The molecule has 0 amide bonds. The van der Waals surface area contributed by atoms with Crippen LogP contribution in [0.2, 0.25) is 0 Å². The lowest BCUT2D eigenvalue weighted by Crippen LogP contribution is -2.23. The van der Waals surface area contributed by atoms with Gasteiger partial charge in [-0.2, -0.15) is 0 Å². The molecule has 1 N–H and O–H groups in total. The van der Waals surface area contributed by atoms with E-state index < -0.39 is 18.4 Å². The first-order chi connectivity index (χ1) is 6.75. The molecule has 5 heteroatoms. The van der Waals surface area contributed by atoms with E-state index in [1.54, 1.807) is 18.4 Å².